The molecule has 2 amide bonds. The molecule has 0 aliphatic carbocycles. The molecule has 0 aromatic carbocycles. The third kappa shape index (κ3) is 5.62. The first kappa shape index (κ1) is 16.4. The summed E-state index contributed by atoms with van der Waals surface area (Å²) in [7, 11) is 0. The summed E-state index contributed by atoms with van der Waals surface area (Å²) in [5, 5.41) is 11.0. The molecule has 0 unspecified atom stereocenters. The highest BCUT2D eigenvalue weighted by Crippen LogP contribution is 1.97. The molecular weight excluding hydrogens is 238 g/mol. The van der Waals surface area contributed by atoms with Gasteiger partial charge in [0, 0.05) is 6.54 Å². The Morgan fingerprint density at radius 1 is 1.33 bits per heavy atom. The number of carboxylic acids is 1. The topological polar surface area (TPSA) is 113 Å². The molecule has 0 saturated carbocycles. The predicted octanol–water partition coefficient (Wildman–Crippen LogP) is -0.981. The Kier molecular flexibility index (Phi) is 6.96. The summed E-state index contributed by atoms with van der Waals surface area (Å²) in [6.07, 6.45) is 0. The zero-order valence-corrected chi connectivity index (χ0v) is 11.0. The van der Waals surface area contributed by atoms with Crippen LogP contribution in [0.2, 0.25) is 0 Å². The Balaban J connectivity index is 4.23. The molecule has 0 rings (SSSR count). The molecule has 0 bridgehead atoms. The van der Waals surface area contributed by atoms with Gasteiger partial charge in [0.1, 0.15) is 6.54 Å². The van der Waals surface area contributed by atoms with Crippen LogP contribution in [0.15, 0.2) is 0 Å². The number of rotatable bonds is 7. The van der Waals surface area contributed by atoms with Crippen molar-refractivity contribution < 1.29 is 19.5 Å². The lowest BCUT2D eigenvalue weighted by Gasteiger charge is -2.20. The molecule has 0 aromatic heterocycles. The third-order valence-corrected chi connectivity index (χ3v) is 2.50. The van der Waals surface area contributed by atoms with Gasteiger partial charge in [0.15, 0.2) is 0 Å². The smallest absolute Gasteiger partial charge is 0.323 e. The van der Waals surface area contributed by atoms with Gasteiger partial charge in [-0.15, -0.1) is 0 Å². The molecule has 18 heavy (non-hydrogen) atoms. The van der Waals surface area contributed by atoms with Crippen molar-refractivity contribution in [2.24, 2.45) is 11.7 Å². The van der Waals surface area contributed by atoms with Crippen LogP contribution >= 0.6 is 0 Å². The molecule has 0 spiro atoms. The highest BCUT2D eigenvalue weighted by molar-refractivity contribution is 5.88. The second-order valence-electron chi connectivity index (χ2n) is 4.29. The van der Waals surface area contributed by atoms with Crippen molar-refractivity contribution in [3.8, 4) is 0 Å². The SMILES string of the molecule is CCN(CC(=O)O)C(=O)CNC(=O)[C@@H](N)C(C)C. The minimum atomic E-state index is -1.09. The van der Waals surface area contributed by atoms with Crippen molar-refractivity contribution in [3.63, 3.8) is 0 Å². The molecular formula is C11H21N3O4. The van der Waals surface area contributed by atoms with Gasteiger partial charge >= 0.3 is 5.97 Å². The van der Waals surface area contributed by atoms with E-state index in [1.54, 1.807) is 20.8 Å². The third-order valence-electron chi connectivity index (χ3n) is 2.50. The van der Waals surface area contributed by atoms with E-state index in [0.717, 1.165) is 4.90 Å². The molecule has 7 heteroatoms. The van der Waals surface area contributed by atoms with Crippen LogP contribution in [-0.2, 0) is 14.4 Å². The van der Waals surface area contributed by atoms with Crippen LogP contribution < -0.4 is 11.1 Å². The Morgan fingerprint density at radius 3 is 2.28 bits per heavy atom. The molecule has 1 atom stereocenters. The number of carbonyl (C=O) groups is 3. The summed E-state index contributed by atoms with van der Waals surface area (Å²) in [5.41, 5.74) is 5.60. The lowest BCUT2D eigenvalue weighted by atomic mass is 10.1. The fourth-order valence-electron chi connectivity index (χ4n) is 1.23. The van der Waals surface area contributed by atoms with Crippen LogP contribution in [0.1, 0.15) is 20.8 Å². The first-order chi connectivity index (χ1) is 8.29. The summed E-state index contributed by atoms with van der Waals surface area (Å²) in [6.45, 7) is 4.94. The molecule has 104 valence electrons. The number of amides is 2. The monoisotopic (exact) mass is 259 g/mol. The van der Waals surface area contributed by atoms with Crippen LogP contribution in [0.3, 0.4) is 0 Å². The summed E-state index contributed by atoms with van der Waals surface area (Å²) < 4.78 is 0. The maximum Gasteiger partial charge on any atom is 0.323 e. The van der Waals surface area contributed by atoms with Gasteiger partial charge < -0.3 is 21.1 Å². The molecule has 0 fully saturated rings. The van der Waals surface area contributed by atoms with Crippen LogP contribution in [0, 0.1) is 5.92 Å². The first-order valence-corrected chi connectivity index (χ1v) is 5.82. The van der Waals surface area contributed by atoms with E-state index in [9.17, 15) is 14.4 Å². The maximum absolute atomic E-state index is 11.6. The van der Waals surface area contributed by atoms with Crippen LogP contribution in [0.4, 0.5) is 0 Å². The van der Waals surface area contributed by atoms with E-state index in [-0.39, 0.29) is 25.6 Å². The van der Waals surface area contributed by atoms with Crippen molar-refractivity contribution >= 4 is 17.8 Å². The number of likely N-dealkylation sites (N-methyl/N-ethyl adjacent to an activating group) is 1. The molecule has 0 saturated heterocycles. The zero-order chi connectivity index (χ0) is 14.3. The zero-order valence-electron chi connectivity index (χ0n) is 11.0. The second kappa shape index (κ2) is 7.65. The number of carbonyl (C=O) groups excluding carboxylic acids is 2. The molecule has 0 aliphatic heterocycles. The first-order valence-electron chi connectivity index (χ1n) is 5.82. The van der Waals surface area contributed by atoms with Crippen molar-refractivity contribution in [1.82, 2.24) is 10.2 Å². The Labute approximate surface area is 106 Å². The standard InChI is InChI=1S/C11H21N3O4/c1-4-14(6-9(16)17)8(15)5-13-11(18)10(12)7(2)3/h7,10H,4-6,12H2,1-3H3,(H,13,18)(H,16,17)/t10-/m0/s1. The molecule has 0 heterocycles. The van der Waals surface area contributed by atoms with Crippen molar-refractivity contribution in [2.45, 2.75) is 26.8 Å². The summed E-state index contributed by atoms with van der Waals surface area (Å²) in [4.78, 5) is 34.8. The number of hydrogen-bond donors (Lipinski definition) is 3. The minimum absolute atomic E-state index is 0.0265. The van der Waals surface area contributed by atoms with Gasteiger partial charge in [-0.3, -0.25) is 14.4 Å². The van der Waals surface area contributed by atoms with Gasteiger partial charge in [0.05, 0.1) is 12.6 Å². The molecule has 7 nitrogen and oxygen atoms in total. The van der Waals surface area contributed by atoms with E-state index in [2.05, 4.69) is 5.32 Å². The molecule has 4 N–H and O–H groups in total. The number of nitrogens with zero attached hydrogens (tertiary/aromatic N) is 1. The Bertz CT molecular complexity index is 317. The van der Waals surface area contributed by atoms with Gasteiger partial charge in [-0.2, -0.15) is 0 Å². The summed E-state index contributed by atoms with van der Waals surface area (Å²) in [6, 6.07) is -0.674. The lowest BCUT2D eigenvalue weighted by Crippen LogP contribution is -2.48. The molecule has 0 aliphatic rings. The molecule has 0 radical (unpaired) electrons. The summed E-state index contributed by atoms with van der Waals surface area (Å²) >= 11 is 0. The van der Waals surface area contributed by atoms with Crippen LogP contribution in [0.25, 0.3) is 0 Å². The lowest BCUT2D eigenvalue weighted by molar-refractivity contribution is -0.144. The number of nitrogens with two attached hydrogens (primary N) is 1. The number of hydrogen-bond acceptors (Lipinski definition) is 4. The normalized spacial score (nSPS) is 12.1. The predicted molar refractivity (Wildman–Crippen MR) is 65.7 cm³/mol. The fourth-order valence-corrected chi connectivity index (χ4v) is 1.23. The van der Waals surface area contributed by atoms with E-state index < -0.39 is 23.8 Å². The van der Waals surface area contributed by atoms with E-state index in [1.165, 1.54) is 0 Å². The Morgan fingerprint density at radius 2 is 1.89 bits per heavy atom. The largest absolute Gasteiger partial charge is 0.480 e. The van der Waals surface area contributed by atoms with Crippen LogP contribution in [0.5, 0.6) is 0 Å². The molecule has 0 aromatic rings. The van der Waals surface area contributed by atoms with E-state index in [4.69, 9.17) is 10.8 Å². The van der Waals surface area contributed by atoms with E-state index in [1.807, 2.05) is 0 Å². The van der Waals surface area contributed by atoms with Gasteiger partial charge in [-0.05, 0) is 12.8 Å². The Hall–Kier alpha value is -1.63. The van der Waals surface area contributed by atoms with E-state index in [0.29, 0.717) is 0 Å². The minimum Gasteiger partial charge on any atom is -0.480 e. The average molecular weight is 259 g/mol. The van der Waals surface area contributed by atoms with Gasteiger partial charge in [-0.25, -0.2) is 0 Å². The maximum atomic E-state index is 11.6. The number of carboxylic acid groups (broad SMARTS) is 1. The highest BCUT2D eigenvalue weighted by Gasteiger charge is 2.20. The number of aliphatic carboxylic acids is 1. The van der Waals surface area contributed by atoms with Gasteiger partial charge in [0.2, 0.25) is 11.8 Å². The summed E-state index contributed by atoms with van der Waals surface area (Å²) in [5.74, 6) is -1.97. The van der Waals surface area contributed by atoms with Gasteiger partial charge in [0.25, 0.3) is 0 Å². The van der Waals surface area contributed by atoms with E-state index >= 15 is 0 Å². The van der Waals surface area contributed by atoms with Gasteiger partial charge in [-0.1, -0.05) is 13.8 Å². The quantitative estimate of drug-likeness (QED) is 0.544. The second-order valence-corrected chi connectivity index (χ2v) is 4.29. The van der Waals surface area contributed by atoms with Crippen molar-refractivity contribution in [3.05, 3.63) is 0 Å². The van der Waals surface area contributed by atoms with Crippen LogP contribution in [-0.4, -0.2) is 53.5 Å². The van der Waals surface area contributed by atoms with Crippen molar-refractivity contribution in [1.29, 1.82) is 0 Å². The fraction of sp³-hybridized carbons (Fsp3) is 0.727. The van der Waals surface area contributed by atoms with Crippen molar-refractivity contribution in [2.75, 3.05) is 19.6 Å². The highest BCUT2D eigenvalue weighted by atomic mass is 16.4. The number of nitrogens with one attached hydrogen (secondary N) is 1. The average Bonchev–Trinajstić information content (AvgIpc) is 2.30.